The van der Waals surface area contributed by atoms with E-state index in [1.54, 1.807) is 12.1 Å². The second kappa shape index (κ2) is 5.83. The largest absolute Gasteiger partial charge is 0.399 e. The molecule has 0 unspecified atom stereocenters. The van der Waals surface area contributed by atoms with Gasteiger partial charge in [0.2, 0.25) is 0 Å². The number of amides is 1. The maximum atomic E-state index is 11.7. The van der Waals surface area contributed by atoms with Gasteiger partial charge in [-0.3, -0.25) is 4.79 Å². The van der Waals surface area contributed by atoms with E-state index >= 15 is 0 Å². The molecule has 0 aromatic heterocycles. The quantitative estimate of drug-likeness (QED) is 0.592. The third-order valence-corrected chi connectivity index (χ3v) is 2.42. The van der Waals surface area contributed by atoms with Gasteiger partial charge in [0.15, 0.2) is 0 Å². The lowest BCUT2D eigenvalue weighted by Gasteiger charge is -2.13. The number of halogens is 1. The minimum atomic E-state index is -0.660. The predicted molar refractivity (Wildman–Crippen MR) is 64.0 cm³/mol. The van der Waals surface area contributed by atoms with Gasteiger partial charge in [-0.05, 0) is 18.2 Å². The Labute approximate surface area is 101 Å². The van der Waals surface area contributed by atoms with Crippen LogP contribution in [0.1, 0.15) is 10.4 Å². The summed E-state index contributed by atoms with van der Waals surface area (Å²) in [7, 11) is 0. The van der Waals surface area contributed by atoms with Crippen molar-refractivity contribution in [1.82, 2.24) is 5.32 Å². The topological polar surface area (TPSA) is 95.6 Å². The molecule has 88 valence electrons. The van der Waals surface area contributed by atoms with E-state index in [1.165, 1.54) is 6.07 Å². The minimum absolute atomic E-state index is 0.314. The number of hydrogen-bond acceptors (Lipinski definition) is 4. The highest BCUT2D eigenvalue weighted by molar-refractivity contribution is 9.10. The van der Waals surface area contributed by atoms with Gasteiger partial charge in [-0.15, -0.1) is 0 Å². The molecule has 0 saturated carbocycles. The second-order valence-electron chi connectivity index (χ2n) is 3.31. The zero-order valence-electron chi connectivity index (χ0n) is 8.48. The fourth-order valence-electron chi connectivity index (χ4n) is 1.16. The third-order valence-electron chi connectivity index (χ3n) is 1.96. The molecule has 16 heavy (non-hydrogen) atoms. The standard InChI is InChI=1S/C10H13BrN2O3/c11-7-1-6(2-8(12)3-7)10(16)13-9(4-14)5-15/h1-3,9,14-15H,4-5,12H2,(H,13,16). The normalized spacial score (nSPS) is 10.5. The molecule has 0 heterocycles. The van der Waals surface area contributed by atoms with Gasteiger partial charge in [0.25, 0.3) is 5.91 Å². The number of carbonyl (C=O) groups excluding carboxylic acids is 1. The van der Waals surface area contributed by atoms with Crippen LogP contribution in [0, 0.1) is 0 Å². The lowest BCUT2D eigenvalue weighted by atomic mass is 10.2. The number of anilines is 1. The Kier molecular flexibility index (Phi) is 4.72. The van der Waals surface area contributed by atoms with Crippen LogP contribution in [0.25, 0.3) is 0 Å². The Hall–Kier alpha value is -1.11. The molecule has 0 aliphatic rings. The zero-order chi connectivity index (χ0) is 12.1. The van der Waals surface area contributed by atoms with Gasteiger partial charge in [0.05, 0.1) is 19.3 Å². The average molecular weight is 289 g/mol. The molecule has 1 rings (SSSR count). The lowest BCUT2D eigenvalue weighted by Crippen LogP contribution is -2.40. The summed E-state index contributed by atoms with van der Waals surface area (Å²) in [5.74, 6) is -0.388. The summed E-state index contributed by atoms with van der Waals surface area (Å²) in [5.41, 5.74) is 6.42. The van der Waals surface area contributed by atoms with E-state index in [2.05, 4.69) is 21.2 Å². The van der Waals surface area contributed by atoms with Crippen molar-refractivity contribution < 1.29 is 15.0 Å². The highest BCUT2D eigenvalue weighted by Crippen LogP contribution is 2.17. The van der Waals surface area contributed by atoms with E-state index in [1.807, 2.05) is 0 Å². The van der Waals surface area contributed by atoms with Crippen molar-refractivity contribution in [2.24, 2.45) is 0 Å². The van der Waals surface area contributed by atoms with Crippen LogP contribution in [0.5, 0.6) is 0 Å². The third kappa shape index (κ3) is 3.48. The summed E-state index contributed by atoms with van der Waals surface area (Å²) in [4.78, 5) is 11.7. The van der Waals surface area contributed by atoms with Gasteiger partial charge >= 0.3 is 0 Å². The van der Waals surface area contributed by atoms with Crippen LogP contribution in [0.4, 0.5) is 5.69 Å². The second-order valence-corrected chi connectivity index (χ2v) is 4.22. The number of rotatable bonds is 4. The Morgan fingerprint density at radius 2 is 2.00 bits per heavy atom. The molecule has 0 spiro atoms. The summed E-state index contributed by atoms with van der Waals surface area (Å²) in [6.45, 7) is -0.628. The molecule has 0 saturated heterocycles. The molecular formula is C10H13BrN2O3. The van der Waals surface area contributed by atoms with E-state index in [9.17, 15) is 4.79 Å². The molecule has 6 heteroatoms. The Morgan fingerprint density at radius 1 is 1.38 bits per heavy atom. The number of benzene rings is 1. The molecule has 5 N–H and O–H groups in total. The van der Waals surface area contributed by atoms with Crippen molar-refractivity contribution in [3.8, 4) is 0 Å². The highest BCUT2D eigenvalue weighted by atomic mass is 79.9. The zero-order valence-corrected chi connectivity index (χ0v) is 10.1. The smallest absolute Gasteiger partial charge is 0.251 e. The van der Waals surface area contributed by atoms with Crippen LogP contribution in [-0.4, -0.2) is 35.4 Å². The number of hydrogen-bond donors (Lipinski definition) is 4. The van der Waals surface area contributed by atoms with Crippen molar-refractivity contribution in [3.05, 3.63) is 28.2 Å². The van der Waals surface area contributed by atoms with Crippen molar-refractivity contribution >= 4 is 27.5 Å². The first-order valence-electron chi connectivity index (χ1n) is 4.65. The molecule has 5 nitrogen and oxygen atoms in total. The molecule has 0 atom stereocenters. The van der Waals surface area contributed by atoms with Gasteiger partial charge in [0, 0.05) is 15.7 Å². The van der Waals surface area contributed by atoms with Crippen LogP contribution in [0.3, 0.4) is 0 Å². The first-order valence-corrected chi connectivity index (χ1v) is 5.44. The molecular weight excluding hydrogens is 276 g/mol. The van der Waals surface area contributed by atoms with E-state index in [0.717, 1.165) is 0 Å². The number of aliphatic hydroxyl groups is 2. The predicted octanol–water partition coefficient (Wildman–Crippen LogP) is 0.114. The number of nitrogens with one attached hydrogen (secondary N) is 1. The van der Waals surface area contributed by atoms with Crippen molar-refractivity contribution in [2.75, 3.05) is 18.9 Å². The molecule has 1 aromatic carbocycles. The molecule has 0 fully saturated rings. The Balaban J connectivity index is 2.80. The van der Waals surface area contributed by atoms with Crippen LogP contribution >= 0.6 is 15.9 Å². The van der Waals surface area contributed by atoms with Crippen molar-refractivity contribution in [1.29, 1.82) is 0 Å². The van der Waals surface area contributed by atoms with Gasteiger partial charge in [-0.2, -0.15) is 0 Å². The summed E-state index contributed by atoms with van der Waals surface area (Å²) < 4.78 is 0.696. The van der Waals surface area contributed by atoms with E-state index in [-0.39, 0.29) is 19.1 Å². The first kappa shape index (κ1) is 13.0. The Morgan fingerprint density at radius 3 is 2.50 bits per heavy atom. The van der Waals surface area contributed by atoms with E-state index in [4.69, 9.17) is 15.9 Å². The lowest BCUT2D eigenvalue weighted by molar-refractivity contribution is 0.0879. The Bertz CT molecular complexity index is 360. The van der Waals surface area contributed by atoms with Crippen LogP contribution < -0.4 is 11.1 Å². The van der Waals surface area contributed by atoms with Crippen LogP contribution in [0.15, 0.2) is 22.7 Å². The number of nitrogen functional groups attached to an aromatic ring is 1. The van der Waals surface area contributed by atoms with Gasteiger partial charge < -0.3 is 21.3 Å². The monoisotopic (exact) mass is 288 g/mol. The van der Waals surface area contributed by atoms with Gasteiger partial charge in [-0.1, -0.05) is 15.9 Å². The summed E-state index contributed by atoms with van der Waals surface area (Å²) in [6, 6.07) is 4.14. The van der Waals surface area contributed by atoms with Crippen LogP contribution in [-0.2, 0) is 0 Å². The fourth-order valence-corrected chi connectivity index (χ4v) is 1.67. The molecule has 0 radical (unpaired) electrons. The maximum Gasteiger partial charge on any atom is 0.251 e. The SMILES string of the molecule is Nc1cc(Br)cc(C(=O)NC(CO)CO)c1. The van der Waals surface area contributed by atoms with Crippen LogP contribution in [0.2, 0.25) is 0 Å². The summed E-state index contributed by atoms with van der Waals surface area (Å²) in [5, 5.41) is 20.1. The van der Waals surface area contributed by atoms with Gasteiger partial charge in [-0.25, -0.2) is 0 Å². The fraction of sp³-hybridized carbons (Fsp3) is 0.300. The molecule has 0 aliphatic carbocycles. The number of aliphatic hydroxyl groups excluding tert-OH is 2. The van der Waals surface area contributed by atoms with E-state index in [0.29, 0.717) is 15.7 Å². The summed E-state index contributed by atoms with van der Waals surface area (Å²) >= 11 is 3.22. The molecule has 0 aliphatic heterocycles. The van der Waals surface area contributed by atoms with Crippen molar-refractivity contribution in [2.45, 2.75) is 6.04 Å². The molecule has 1 aromatic rings. The minimum Gasteiger partial charge on any atom is -0.399 e. The first-order chi connectivity index (χ1) is 7.56. The van der Waals surface area contributed by atoms with Crippen molar-refractivity contribution in [3.63, 3.8) is 0 Å². The molecule has 1 amide bonds. The molecule has 0 bridgehead atoms. The number of carbonyl (C=O) groups is 1. The van der Waals surface area contributed by atoms with E-state index < -0.39 is 6.04 Å². The maximum absolute atomic E-state index is 11.7. The van der Waals surface area contributed by atoms with Gasteiger partial charge in [0.1, 0.15) is 0 Å². The average Bonchev–Trinajstić information content (AvgIpc) is 2.24. The summed E-state index contributed by atoms with van der Waals surface area (Å²) in [6.07, 6.45) is 0. The highest BCUT2D eigenvalue weighted by Gasteiger charge is 2.12. The number of nitrogens with two attached hydrogens (primary N) is 1.